The molecule has 0 saturated heterocycles. The van der Waals surface area contributed by atoms with Gasteiger partial charge in [0, 0.05) is 14.2 Å². The monoisotopic (exact) mass is 115 g/mol. The normalized spacial score (nSPS) is 9.25. The molecule has 0 amide bonds. The van der Waals surface area contributed by atoms with Gasteiger partial charge in [-0.15, -0.1) is 0 Å². The van der Waals surface area contributed by atoms with E-state index < -0.39 is 0 Å². The zero-order valence-corrected chi connectivity index (χ0v) is 5.27. The summed E-state index contributed by atoms with van der Waals surface area (Å²) in [7, 11) is 3.40. The second-order valence-corrected chi connectivity index (χ2v) is 1.31. The lowest BCUT2D eigenvalue weighted by Gasteiger charge is -1.93. The van der Waals surface area contributed by atoms with Gasteiger partial charge < -0.3 is 10.1 Å². The standard InChI is InChI=1S/C6H11NO.H2/c1-6(7-2)4-5-8-3;/h4-5,7H,1H2,2-3H3;1H/b5-4-;. The first-order chi connectivity index (χ1) is 3.81. The van der Waals surface area contributed by atoms with Crippen molar-refractivity contribution in [1.29, 1.82) is 0 Å². The summed E-state index contributed by atoms with van der Waals surface area (Å²) in [6, 6.07) is 0. The number of hydrogen-bond acceptors (Lipinski definition) is 2. The van der Waals surface area contributed by atoms with E-state index in [9.17, 15) is 0 Å². The maximum Gasteiger partial charge on any atom is 0.0844 e. The second kappa shape index (κ2) is 4.24. The van der Waals surface area contributed by atoms with E-state index in [0.29, 0.717) is 0 Å². The van der Waals surface area contributed by atoms with Crippen molar-refractivity contribution >= 4 is 0 Å². The molecule has 1 N–H and O–H groups in total. The van der Waals surface area contributed by atoms with Crippen LogP contribution in [0.15, 0.2) is 24.6 Å². The number of nitrogens with one attached hydrogen (secondary N) is 1. The molecule has 0 bridgehead atoms. The van der Waals surface area contributed by atoms with Gasteiger partial charge in [-0.2, -0.15) is 0 Å². The third-order valence-electron chi connectivity index (χ3n) is 0.726. The van der Waals surface area contributed by atoms with Crippen LogP contribution in [0.5, 0.6) is 0 Å². The number of rotatable bonds is 3. The van der Waals surface area contributed by atoms with E-state index in [0.717, 1.165) is 5.70 Å². The smallest absolute Gasteiger partial charge is 0.0844 e. The highest BCUT2D eigenvalue weighted by atomic mass is 16.5. The molecule has 0 rings (SSSR count). The van der Waals surface area contributed by atoms with E-state index in [2.05, 4.69) is 16.6 Å². The Morgan fingerprint density at radius 1 is 1.88 bits per heavy atom. The van der Waals surface area contributed by atoms with Gasteiger partial charge in [-0.25, -0.2) is 0 Å². The van der Waals surface area contributed by atoms with E-state index in [4.69, 9.17) is 0 Å². The van der Waals surface area contributed by atoms with Crippen molar-refractivity contribution < 1.29 is 6.16 Å². The van der Waals surface area contributed by atoms with E-state index in [1.165, 1.54) is 0 Å². The quantitative estimate of drug-likeness (QED) is 0.439. The minimum absolute atomic E-state index is 0. The third kappa shape index (κ3) is 3.28. The SMILES string of the molecule is C=C(/C=C\OC)NC.[HH]. The van der Waals surface area contributed by atoms with Gasteiger partial charge >= 0.3 is 0 Å². The Bertz CT molecular complexity index is 101. The first-order valence-corrected chi connectivity index (χ1v) is 2.37. The summed E-state index contributed by atoms with van der Waals surface area (Å²) >= 11 is 0. The highest BCUT2D eigenvalue weighted by Crippen LogP contribution is 1.83. The molecule has 0 aromatic carbocycles. The fourth-order valence-electron chi connectivity index (χ4n) is 0.234. The molecule has 0 heterocycles. The Morgan fingerprint density at radius 2 is 2.50 bits per heavy atom. The maximum atomic E-state index is 4.63. The van der Waals surface area contributed by atoms with Crippen molar-refractivity contribution in [3.05, 3.63) is 24.6 Å². The van der Waals surface area contributed by atoms with Crippen molar-refractivity contribution in [1.82, 2.24) is 5.32 Å². The summed E-state index contributed by atoms with van der Waals surface area (Å²) < 4.78 is 4.63. The minimum atomic E-state index is 0. The van der Waals surface area contributed by atoms with Crippen LogP contribution in [0, 0.1) is 0 Å². The van der Waals surface area contributed by atoms with Gasteiger partial charge in [0.25, 0.3) is 0 Å². The van der Waals surface area contributed by atoms with E-state index in [-0.39, 0.29) is 1.43 Å². The fraction of sp³-hybridized carbons (Fsp3) is 0.333. The summed E-state index contributed by atoms with van der Waals surface area (Å²) in [6.07, 6.45) is 3.32. The summed E-state index contributed by atoms with van der Waals surface area (Å²) in [5.41, 5.74) is 0.840. The maximum absolute atomic E-state index is 4.63. The number of ether oxygens (including phenoxy) is 1. The molecule has 0 aliphatic heterocycles. The molecule has 0 spiro atoms. The van der Waals surface area contributed by atoms with Crippen LogP contribution < -0.4 is 5.32 Å². The predicted octanol–water partition coefficient (Wildman–Crippen LogP) is 1.13. The molecular formula is C6H13NO. The van der Waals surface area contributed by atoms with Gasteiger partial charge in [0.1, 0.15) is 0 Å². The molecule has 0 radical (unpaired) electrons. The number of hydrogen-bond donors (Lipinski definition) is 1. The molecule has 0 aromatic heterocycles. The van der Waals surface area contributed by atoms with Crippen molar-refractivity contribution in [2.24, 2.45) is 0 Å². The van der Waals surface area contributed by atoms with E-state index >= 15 is 0 Å². The predicted molar refractivity (Wildman–Crippen MR) is 36.5 cm³/mol. The zero-order valence-electron chi connectivity index (χ0n) is 5.27. The number of likely N-dealkylation sites (N-methyl/N-ethyl adjacent to an activating group) is 1. The molecule has 0 aliphatic rings. The molecule has 0 atom stereocenters. The summed E-state index contributed by atoms with van der Waals surface area (Å²) in [4.78, 5) is 0. The molecule has 0 saturated carbocycles. The summed E-state index contributed by atoms with van der Waals surface area (Å²) in [5.74, 6) is 0. The van der Waals surface area contributed by atoms with Gasteiger partial charge in [0.05, 0.1) is 13.4 Å². The Hall–Kier alpha value is -0.920. The molecule has 0 fully saturated rings. The van der Waals surface area contributed by atoms with E-state index in [1.807, 2.05) is 7.05 Å². The lowest BCUT2D eigenvalue weighted by molar-refractivity contribution is 0.337. The minimum Gasteiger partial charge on any atom is -0.504 e. The lowest BCUT2D eigenvalue weighted by atomic mass is 10.5. The number of methoxy groups -OCH3 is 1. The molecule has 2 nitrogen and oxygen atoms in total. The first kappa shape index (κ1) is 7.08. The summed E-state index contributed by atoms with van der Waals surface area (Å²) in [5, 5.41) is 2.84. The molecule has 0 aromatic rings. The van der Waals surface area contributed by atoms with Crippen molar-refractivity contribution in [2.45, 2.75) is 0 Å². The molecular weight excluding hydrogens is 102 g/mol. The highest BCUT2D eigenvalue weighted by Gasteiger charge is 1.74. The summed E-state index contributed by atoms with van der Waals surface area (Å²) in [6.45, 7) is 3.63. The van der Waals surface area contributed by atoms with Crippen LogP contribution in [0.3, 0.4) is 0 Å². The van der Waals surface area contributed by atoms with Gasteiger partial charge in [-0.05, 0) is 6.08 Å². The van der Waals surface area contributed by atoms with Crippen molar-refractivity contribution in [2.75, 3.05) is 14.2 Å². The third-order valence-corrected chi connectivity index (χ3v) is 0.726. The Balaban J connectivity index is 0. The van der Waals surface area contributed by atoms with Crippen LogP contribution in [0.1, 0.15) is 1.43 Å². The highest BCUT2D eigenvalue weighted by molar-refractivity contribution is 5.08. The van der Waals surface area contributed by atoms with Crippen molar-refractivity contribution in [3.63, 3.8) is 0 Å². The van der Waals surface area contributed by atoms with Gasteiger partial charge in [-0.1, -0.05) is 6.58 Å². The molecule has 8 heavy (non-hydrogen) atoms. The van der Waals surface area contributed by atoms with Crippen molar-refractivity contribution in [3.8, 4) is 0 Å². The largest absolute Gasteiger partial charge is 0.504 e. The van der Waals surface area contributed by atoms with Gasteiger partial charge in [0.2, 0.25) is 0 Å². The average Bonchev–Trinajstić information content (AvgIpc) is 1.83. The Kier molecular flexibility index (Phi) is 3.76. The Labute approximate surface area is 51.3 Å². The number of allylic oxidation sites excluding steroid dienone is 1. The Morgan fingerprint density at radius 3 is 2.88 bits per heavy atom. The van der Waals surface area contributed by atoms with Crippen LogP contribution in [0.4, 0.5) is 0 Å². The molecule has 0 aliphatic carbocycles. The second-order valence-electron chi connectivity index (χ2n) is 1.31. The topological polar surface area (TPSA) is 21.3 Å². The average molecular weight is 115 g/mol. The molecule has 2 heteroatoms. The fourth-order valence-corrected chi connectivity index (χ4v) is 0.234. The van der Waals surface area contributed by atoms with E-state index in [1.54, 1.807) is 19.4 Å². The van der Waals surface area contributed by atoms with Crippen LogP contribution in [0.2, 0.25) is 0 Å². The van der Waals surface area contributed by atoms with Crippen LogP contribution >= 0.6 is 0 Å². The van der Waals surface area contributed by atoms with Gasteiger partial charge in [-0.3, -0.25) is 0 Å². The first-order valence-electron chi connectivity index (χ1n) is 2.37. The molecule has 0 unspecified atom stereocenters. The van der Waals surface area contributed by atoms with Gasteiger partial charge in [0.15, 0.2) is 0 Å². The molecule has 48 valence electrons. The van der Waals surface area contributed by atoms with Crippen LogP contribution in [-0.2, 0) is 4.74 Å². The zero-order chi connectivity index (χ0) is 6.41. The lowest BCUT2D eigenvalue weighted by Crippen LogP contribution is -2.00. The van der Waals surface area contributed by atoms with Crippen LogP contribution in [0.25, 0.3) is 0 Å². The van der Waals surface area contributed by atoms with Crippen LogP contribution in [-0.4, -0.2) is 14.2 Å².